The number of hydrogen-bond acceptors (Lipinski definition) is 4. The molecule has 0 saturated carbocycles. The van der Waals surface area contributed by atoms with Gasteiger partial charge in [0.1, 0.15) is 0 Å². The van der Waals surface area contributed by atoms with Crippen molar-refractivity contribution in [2.45, 2.75) is 13.5 Å². The van der Waals surface area contributed by atoms with Crippen LogP contribution in [0.5, 0.6) is 0 Å². The molecule has 0 bridgehead atoms. The smallest absolute Gasteiger partial charge is 0.290 e. The molecule has 3 aromatic rings. The number of benzene rings is 1. The number of nitrogens with one attached hydrogen (secondary N) is 1. The summed E-state index contributed by atoms with van der Waals surface area (Å²) in [5.74, 6) is -0.0974. The summed E-state index contributed by atoms with van der Waals surface area (Å²) in [4.78, 5) is 11.8. The predicted molar refractivity (Wildman–Crippen MR) is 76.0 cm³/mol. The number of aryl methyl sites for hydroxylation is 1. The average Bonchev–Trinajstić information content (AvgIpc) is 3.15. The highest BCUT2D eigenvalue weighted by Gasteiger charge is 2.11. The van der Waals surface area contributed by atoms with Gasteiger partial charge in [-0.05, 0) is 25.1 Å². The molecule has 1 amide bonds. The van der Waals surface area contributed by atoms with E-state index in [0.717, 1.165) is 11.4 Å². The summed E-state index contributed by atoms with van der Waals surface area (Å²) < 4.78 is 6.67. The van der Waals surface area contributed by atoms with Gasteiger partial charge in [0.2, 0.25) is 5.76 Å². The normalized spacial score (nSPS) is 10.5. The lowest BCUT2D eigenvalue weighted by atomic mass is 10.3. The van der Waals surface area contributed by atoms with Crippen LogP contribution in [0.15, 0.2) is 53.2 Å². The SMILES string of the molecule is Cc1cc(C(=O)NCc2ccn(-c3ccccc3)n2)on1. The number of carbonyl (C=O) groups is 1. The van der Waals surface area contributed by atoms with E-state index in [1.54, 1.807) is 17.7 Å². The van der Waals surface area contributed by atoms with Gasteiger partial charge in [0.15, 0.2) is 0 Å². The summed E-state index contributed by atoms with van der Waals surface area (Å²) in [7, 11) is 0. The molecule has 6 nitrogen and oxygen atoms in total. The summed E-state index contributed by atoms with van der Waals surface area (Å²) in [6, 6.07) is 13.2. The van der Waals surface area contributed by atoms with E-state index in [-0.39, 0.29) is 11.7 Å². The van der Waals surface area contributed by atoms with Crippen molar-refractivity contribution in [3.63, 3.8) is 0 Å². The molecule has 21 heavy (non-hydrogen) atoms. The lowest BCUT2D eigenvalue weighted by Gasteiger charge is -2.01. The van der Waals surface area contributed by atoms with Gasteiger partial charge in [-0.15, -0.1) is 0 Å². The lowest BCUT2D eigenvalue weighted by molar-refractivity contribution is 0.0913. The van der Waals surface area contributed by atoms with Crippen LogP contribution in [0, 0.1) is 6.92 Å². The highest BCUT2D eigenvalue weighted by molar-refractivity contribution is 5.91. The number of hydrogen-bond donors (Lipinski definition) is 1. The third-order valence-electron chi connectivity index (χ3n) is 2.95. The fourth-order valence-electron chi connectivity index (χ4n) is 1.91. The van der Waals surface area contributed by atoms with Crippen LogP contribution in [0.3, 0.4) is 0 Å². The second kappa shape index (κ2) is 5.62. The van der Waals surface area contributed by atoms with Crippen LogP contribution in [-0.2, 0) is 6.54 Å². The first-order valence-electron chi connectivity index (χ1n) is 6.54. The highest BCUT2D eigenvalue weighted by atomic mass is 16.5. The molecule has 0 aliphatic heterocycles. The van der Waals surface area contributed by atoms with Gasteiger partial charge in [0.05, 0.1) is 23.6 Å². The third kappa shape index (κ3) is 3.00. The van der Waals surface area contributed by atoms with Crippen LogP contribution in [0.25, 0.3) is 5.69 Å². The molecule has 1 N–H and O–H groups in total. The van der Waals surface area contributed by atoms with Crippen molar-refractivity contribution in [2.75, 3.05) is 0 Å². The maximum Gasteiger partial charge on any atom is 0.290 e. The Morgan fingerprint density at radius 1 is 1.29 bits per heavy atom. The molecule has 0 fully saturated rings. The third-order valence-corrected chi connectivity index (χ3v) is 2.95. The Morgan fingerprint density at radius 2 is 2.10 bits per heavy atom. The number of para-hydroxylation sites is 1. The van der Waals surface area contributed by atoms with Crippen molar-refractivity contribution in [1.82, 2.24) is 20.3 Å². The van der Waals surface area contributed by atoms with E-state index in [1.165, 1.54) is 0 Å². The van der Waals surface area contributed by atoms with Gasteiger partial charge in [-0.1, -0.05) is 23.4 Å². The lowest BCUT2D eigenvalue weighted by Crippen LogP contribution is -2.22. The highest BCUT2D eigenvalue weighted by Crippen LogP contribution is 2.07. The Balaban J connectivity index is 1.64. The Labute approximate surface area is 121 Å². The largest absolute Gasteiger partial charge is 0.351 e. The zero-order valence-electron chi connectivity index (χ0n) is 11.5. The minimum atomic E-state index is -0.301. The Bertz CT molecular complexity index is 746. The standard InChI is InChI=1S/C15H14N4O2/c1-11-9-14(21-18-11)15(20)16-10-12-7-8-19(17-12)13-5-3-2-4-6-13/h2-9H,10H2,1H3,(H,16,20). The van der Waals surface area contributed by atoms with E-state index in [4.69, 9.17) is 4.52 Å². The first kappa shape index (κ1) is 13.1. The molecule has 0 saturated heterocycles. The first-order chi connectivity index (χ1) is 10.2. The number of nitrogens with zero attached hydrogens (tertiary/aromatic N) is 3. The van der Waals surface area contributed by atoms with Gasteiger partial charge in [0, 0.05) is 12.3 Å². The molecule has 0 radical (unpaired) electrons. The number of aromatic nitrogens is 3. The van der Waals surface area contributed by atoms with Crippen LogP contribution in [0.2, 0.25) is 0 Å². The molecule has 6 heteroatoms. The van der Waals surface area contributed by atoms with Gasteiger partial charge in [-0.3, -0.25) is 4.79 Å². The molecule has 0 spiro atoms. The molecule has 2 aromatic heterocycles. The van der Waals surface area contributed by atoms with Crippen molar-refractivity contribution in [3.05, 3.63) is 65.8 Å². The number of carbonyl (C=O) groups excluding carboxylic acids is 1. The van der Waals surface area contributed by atoms with E-state index in [9.17, 15) is 4.79 Å². The van der Waals surface area contributed by atoms with Crippen LogP contribution in [0.1, 0.15) is 21.9 Å². The average molecular weight is 282 g/mol. The van der Waals surface area contributed by atoms with Crippen LogP contribution in [-0.4, -0.2) is 20.8 Å². The molecule has 2 heterocycles. The zero-order chi connectivity index (χ0) is 14.7. The van der Waals surface area contributed by atoms with E-state index in [1.807, 2.05) is 42.6 Å². The van der Waals surface area contributed by atoms with E-state index in [0.29, 0.717) is 12.2 Å². The molecular formula is C15H14N4O2. The fraction of sp³-hybridized carbons (Fsp3) is 0.133. The first-order valence-corrected chi connectivity index (χ1v) is 6.54. The monoisotopic (exact) mass is 282 g/mol. The summed E-state index contributed by atoms with van der Waals surface area (Å²) in [6.07, 6.45) is 1.86. The Morgan fingerprint density at radius 3 is 2.81 bits per heavy atom. The molecule has 0 atom stereocenters. The van der Waals surface area contributed by atoms with Gasteiger partial charge in [0.25, 0.3) is 5.91 Å². The maximum atomic E-state index is 11.8. The topological polar surface area (TPSA) is 73.0 Å². The maximum absolute atomic E-state index is 11.8. The Hall–Kier alpha value is -2.89. The molecule has 0 aliphatic carbocycles. The summed E-state index contributed by atoms with van der Waals surface area (Å²) in [5.41, 5.74) is 2.41. The van der Waals surface area contributed by atoms with E-state index in [2.05, 4.69) is 15.6 Å². The molecule has 1 aromatic carbocycles. The van der Waals surface area contributed by atoms with Crippen molar-refractivity contribution in [2.24, 2.45) is 0 Å². The predicted octanol–water partition coefficient (Wildman–Crippen LogP) is 2.10. The molecule has 0 aliphatic rings. The minimum Gasteiger partial charge on any atom is -0.351 e. The number of amides is 1. The van der Waals surface area contributed by atoms with Crippen molar-refractivity contribution in [1.29, 1.82) is 0 Å². The zero-order valence-corrected chi connectivity index (χ0v) is 11.5. The fourth-order valence-corrected chi connectivity index (χ4v) is 1.91. The second-order valence-corrected chi connectivity index (χ2v) is 4.60. The van der Waals surface area contributed by atoms with Crippen molar-refractivity contribution in [3.8, 4) is 5.69 Å². The molecule has 106 valence electrons. The number of rotatable bonds is 4. The molecular weight excluding hydrogens is 268 g/mol. The van der Waals surface area contributed by atoms with Crippen LogP contribution < -0.4 is 5.32 Å². The summed E-state index contributed by atoms with van der Waals surface area (Å²) in [5, 5.41) is 10.8. The summed E-state index contributed by atoms with van der Waals surface area (Å²) in [6.45, 7) is 2.10. The van der Waals surface area contributed by atoms with Gasteiger partial charge in [-0.25, -0.2) is 4.68 Å². The summed E-state index contributed by atoms with van der Waals surface area (Å²) >= 11 is 0. The van der Waals surface area contributed by atoms with Crippen molar-refractivity contribution < 1.29 is 9.32 Å². The van der Waals surface area contributed by atoms with Gasteiger partial charge in [-0.2, -0.15) is 5.10 Å². The quantitative estimate of drug-likeness (QED) is 0.795. The van der Waals surface area contributed by atoms with E-state index < -0.39 is 0 Å². The van der Waals surface area contributed by atoms with E-state index >= 15 is 0 Å². The molecule has 3 rings (SSSR count). The Kier molecular flexibility index (Phi) is 3.51. The van der Waals surface area contributed by atoms with Crippen LogP contribution in [0.4, 0.5) is 0 Å². The van der Waals surface area contributed by atoms with Crippen molar-refractivity contribution >= 4 is 5.91 Å². The van der Waals surface area contributed by atoms with Crippen LogP contribution >= 0.6 is 0 Å². The van der Waals surface area contributed by atoms with Gasteiger partial charge < -0.3 is 9.84 Å². The second-order valence-electron chi connectivity index (χ2n) is 4.60. The van der Waals surface area contributed by atoms with Gasteiger partial charge >= 0.3 is 0 Å². The molecule has 0 unspecified atom stereocenters. The minimum absolute atomic E-state index is 0.204.